The van der Waals surface area contributed by atoms with Crippen LogP contribution in [0.3, 0.4) is 0 Å². The quantitative estimate of drug-likeness (QED) is 0.284. The highest BCUT2D eigenvalue weighted by Gasteiger charge is 2.13. The van der Waals surface area contributed by atoms with E-state index in [0.717, 1.165) is 28.9 Å². The van der Waals surface area contributed by atoms with Crippen molar-refractivity contribution < 1.29 is 9.53 Å². The van der Waals surface area contributed by atoms with Gasteiger partial charge in [0.15, 0.2) is 5.96 Å². The monoisotopic (exact) mass is 546 g/mol. The number of hydrogen-bond acceptors (Lipinski definition) is 6. The van der Waals surface area contributed by atoms with E-state index < -0.39 is 0 Å². The van der Waals surface area contributed by atoms with E-state index in [9.17, 15) is 4.79 Å². The van der Waals surface area contributed by atoms with E-state index in [2.05, 4.69) is 25.6 Å². The topological polar surface area (TPSA) is 91.7 Å². The molecule has 0 radical (unpaired) electrons. The van der Waals surface area contributed by atoms with E-state index in [1.165, 1.54) is 0 Å². The maximum absolute atomic E-state index is 12.1. The second-order valence-electron chi connectivity index (χ2n) is 6.61. The van der Waals surface area contributed by atoms with E-state index in [1.807, 2.05) is 50.2 Å². The minimum atomic E-state index is -0.108. The normalized spacial score (nSPS) is 12.1. The molecule has 1 atom stereocenters. The predicted octanol–water partition coefficient (Wildman–Crippen LogP) is 3.60. The molecule has 1 amide bonds. The molecule has 0 bridgehead atoms. The summed E-state index contributed by atoms with van der Waals surface area (Å²) in [4.78, 5) is 27.6. The van der Waals surface area contributed by atoms with E-state index in [-0.39, 0.29) is 42.4 Å². The van der Waals surface area contributed by atoms with Crippen LogP contribution in [0.15, 0.2) is 28.6 Å². The molecule has 2 aromatic rings. The highest BCUT2D eigenvalue weighted by atomic mass is 127. The largest absolute Gasteiger partial charge is 0.375 e. The first-order valence-corrected chi connectivity index (χ1v) is 10.5. The summed E-state index contributed by atoms with van der Waals surface area (Å²) in [6, 6.07) is 5.53. The van der Waals surface area contributed by atoms with Crippen molar-refractivity contribution in [2.45, 2.75) is 39.8 Å². The van der Waals surface area contributed by atoms with Crippen LogP contribution in [0.25, 0.3) is 0 Å². The molecule has 0 fully saturated rings. The Hall–Kier alpha value is -1.79. The number of thiazole rings is 1. The number of guanidine groups is 1. The molecule has 0 spiro atoms. The Kier molecular flexibility index (Phi) is 11.8. The number of aryl methyl sites for hydroxylation is 1. The van der Waals surface area contributed by atoms with Gasteiger partial charge in [0.1, 0.15) is 16.9 Å². The summed E-state index contributed by atoms with van der Waals surface area (Å²) >= 11 is 1.59. The van der Waals surface area contributed by atoms with E-state index in [1.54, 1.807) is 24.5 Å². The zero-order valence-electron chi connectivity index (χ0n) is 18.1. The van der Waals surface area contributed by atoms with Crippen LogP contribution in [0.4, 0.5) is 5.82 Å². The molecule has 2 aromatic heterocycles. The van der Waals surface area contributed by atoms with Crippen LogP contribution < -0.4 is 10.6 Å². The first-order chi connectivity index (χ1) is 13.9. The Morgan fingerprint density at radius 2 is 2.13 bits per heavy atom. The van der Waals surface area contributed by atoms with Gasteiger partial charge in [-0.05, 0) is 32.9 Å². The Morgan fingerprint density at radius 1 is 1.37 bits per heavy atom. The van der Waals surface area contributed by atoms with Crippen LogP contribution in [-0.2, 0) is 16.1 Å². The van der Waals surface area contributed by atoms with Crippen LogP contribution in [-0.4, -0.2) is 54.0 Å². The number of pyridine rings is 1. The third-order valence-corrected chi connectivity index (χ3v) is 5.18. The number of carbonyl (C=O) groups is 1. The molecule has 0 aromatic carbocycles. The van der Waals surface area contributed by atoms with Gasteiger partial charge in [0.2, 0.25) is 5.91 Å². The number of aromatic nitrogens is 2. The Balaban J connectivity index is 0.00000450. The highest BCUT2D eigenvalue weighted by Crippen LogP contribution is 2.20. The molecule has 2 N–H and O–H groups in total. The number of methoxy groups -OCH3 is 1. The first kappa shape index (κ1) is 26.2. The van der Waals surface area contributed by atoms with Gasteiger partial charge in [-0.3, -0.25) is 9.79 Å². The van der Waals surface area contributed by atoms with Gasteiger partial charge in [-0.2, -0.15) is 0 Å². The van der Waals surface area contributed by atoms with Gasteiger partial charge in [-0.1, -0.05) is 6.07 Å². The summed E-state index contributed by atoms with van der Waals surface area (Å²) in [6.45, 7) is 7.63. The lowest BCUT2D eigenvalue weighted by Crippen LogP contribution is -2.38. The van der Waals surface area contributed by atoms with Gasteiger partial charge in [0.25, 0.3) is 0 Å². The summed E-state index contributed by atoms with van der Waals surface area (Å²) in [5.74, 6) is 1.19. The van der Waals surface area contributed by atoms with E-state index in [4.69, 9.17) is 4.74 Å². The van der Waals surface area contributed by atoms with Gasteiger partial charge in [-0.15, -0.1) is 35.3 Å². The predicted molar refractivity (Wildman–Crippen MR) is 133 cm³/mol. The van der Waals surface area contributed by atoms with Gasteiger partial charge >= 0.3 is 0 Å². The number of amides is 1. The maximum atomic E-state index is 12.1. The van der Waals surface area contributed by atoms with Crippen molar-refractivity contribution in [1.82, 2.24) is 20.2 Å². The summed E-state index contributed by atoms with van der Waals surface area (Å²) in [6.07, 6.45) is 0.271. The molecule has 2 heterocycles. The lowest BCUT2D eigenvalue weighted by molar-refractivity contribution is -0.116. The van der Waals surface area contributed by atoms with Gasteiger partial charge in [-0.25, -0.2) is 9.97 Å². The lowest BCUT2D eigenvalue weighted by atomic mass is 10.3. The van der Waals surface area contributed by atoms with Gasteiger partial charge in [0.05, 0.1) is 18.8 Å². The van der Waals surface area contributed by atoms with Gasteiger partial charge in [0, 0.05) is 38.2 Å². The highest BCUT2D eigenvalue weighted by molar-refractivity contribution is 14.0. The number of halogens is 1. The maximum Gasteiger partial charge on any atom is 0.227 e. The minimum Gasteiger partial charge on any atom is -0.375 e. The standard InChI is InChI=1S/C20H30N6O2S.HI/c1-6-21-20(26(4)12-16-13-29-19(24-16)15(3)28-5)22-11-10-18(27)25-17-9-7-8-14(2)23-17;/h7-9,13,15H,6,10-12H2,1-5H3,(H,21,22)(H,23,25,27);1H. The third kappa shape index (κ3) is 8.52. The molecule has 0 aliphatic rings. The Labute approximate surface area is 199 Å². The number of nitrogens with zero attached hydrogens (tertiary/aromatic N) is 4. The van der Waals surface area contributed by atoms with Crippen LogP contribution >= 0.6 is 35.3 Å². The van der Waals surface area contributed by atoms with Crippen molar-refractivity contribution in [1.29, 1.82) is 0 Å². The Bertz CT molecular complexity index is 829. The van der Waals surface area contributed by atoms with Crippen LogP contribution in [0.5, 0.6) is 0 Å². The fourth-order valence-electron chi connectivity index (χ4n) is 2.55. The van der Waals surface area contributed by atoms with E-state index >= 15 is 0 Å². The molecular weight excluding hydrogens is 515 g/mol. The summed E-state index contributed by atoms with van der Waals surface area (Å²) in [5.41, 5.74) is 1.83. The molecule has 30 heavy (non-hydrogen) atoms. The zero-order valence-corrected chi connectivity index (χ0v) is 21.3. The fraction of sp³-hybridized carbons (Fsp3) is 0.500. The average Bonchev–Trinajstić information content (AvgIpc) is 3.15. The van der Waals surface area contributed by atoms with Crippen molar-refractivity contribution in [3.63, 3.8) is 0 Å². The second kappa shape index (κ2) is 13.5. The van der Waals surface area contributed by atoms with Crippen molar-refractivity contribution in [2.24, 2.45) is 4.99 Å². The summed E-state index contributed by atoms with van der Waals surface area (Å²) in [7, 11) is 3.63. The molecule has 0 saturated heterocycles. The van der Waals surface area contributed by atoms with Crippen molar-refractivity contribution >= 4 is 53.0 Å². The average molecular weight is 546 g/mol. The van der Waals surface area contributed by atoms with Crippen molar-refractivity contribution in [3.8, 4) is 0 Å². The number of hydrogen-bond donors (Lipinski definition) is 2. The van der Waals surface area contributed by atoms with Crippen molar-refractivity contribution in [3.05, 3.63) is 40.0 Å². The third-order valence-electron chi connectivity index (χ3n) is 4.12. The van der Waals surface area contributed by atoms with Crippen LogP contribution in [0.2, 0.25) is 0 Å². The van der Waals surface area contributed by atoms with Gasteiger partial charge < -0.3 is 20.3 Å². The molecule has 0 aliphatic carbocycles. The van der Waals surface area contributed by atoms with Crippen LogP contribution in [0.1, 0.15) is 42.8 Å². The molecule has 0 saturated carbocycles. The molecule has 166 valence electrons. The zero-order chi connectivity index (χ0) is 21.2. The van der Waals surface area contributed by atoms with E-state index in [0.29, 0.717) is 18.9 Å². The molecule has 1 unspecified atom stereocenters. The molecule has 8 nitrogen and oxygen atoms in total. The Morgan fingerprint density at radius 3 is 2.80 bits per heavy atom. The first-order valence-electron chi connectivity index (χ1n) is 9.63. The second-order valence-corrected chi connectivity index (χ2v) is 7.50. The minimum absolute atomic E-state index is 0. The molecular formula is C20H31IN6O2S. The lowest BCUT2D eigenvalue weighted by Gasteiger charge is -2.21. The van der Waals surface area contributed by atoms with Crippen LogP contribution in [0, 0.1) is 6.92 Å². The summed E-state index contributed by atoms with van der Waals surface area (Å²) in [5, 5.41) is 9.05. The number of anilines is 1. The number of ether oxygens (including phenoxy) is 1. The number of nitrogens with one attached hydrogen (secondary N) is 2. The molecule has 2 rings (SSSR count). The molecule has 10 heteroatoms. The smallest absolute Gasteiger partial charge is 0.227 e. The number of rotatable bonds is 9. The number of aliphatic imine (C=N–C) groups is 1. The SMILES string of the molecule is CCNC(=NCCC(=O)Nc1cccc(C)n1)N(C)Cc1csc(C(C)OC)n1.I. The molecule has 0 aliphatic heterocycles. The summed E-state index contributed by atoms with van der Waals surface area (Å²) < 4.78 is 5.32. The number of carbonyl (C=O) groups excluding carboxylic acids is 1. The van der Waals surface area contributed by atoms with Crippen molar-refractivity contribution in [2.75, 3.05) is 32.6 Å². The fourth-order valence-corrected chi connectivity index (χ4v) is 3.39.